The first-order valence-electron chi connectivity index (χ1n) is 7.99. The Bertz CT molecular complexity index is 500. The molecule has 0 N–H and O–H groups in total. The Kier molecular flexibility index (Phi) is 5.67. The molecule has 2 rings (SSSR count). The zero-order valence-corrected chi connectivity index (χ0v) is 13.9. The Morgan fingerprint density at radius 1 is 1.29 bits per heavy atom. The van der Waals surface area contributed by atoms with Crippen LogP contribution >= 0.6 is 11.6 Å². The summed E-state index contributed by atoms with van der Waals surface area (Å²) in [5.41, 5.74) is 0.517. The molecule has 1 aliphatic heterocycles. The summed E-state index contributed by atoms with van der Waals surface area (Å²) in [5.74, 6) is 0.251. The number of rotatable bonds is 6. The van der Waals surface area contributed by atoms with Crippen molar-refractivity contribution in [1.82, 2.24) is 4.90 Å². The monoisotopic (exact) mass is 304 g/mol. The van der Waals surface area contributed by atoms with E-state index < -0.39 is 5.41 Å². The Hall–Kier alpha value is -1.04. The lowest BCUT2D eigenvalue weighted by Crippen LogP contribution is -2.32. The molecule has 0 aromatic heterocycles. The van der Waals surface area contributed by atoms with Crippen molar-refractivity contribution in [3.8, 4) is 6.07 Å². The van der Waals surface area contributed by atoms with Gasteiger partial charge >= 0.3 is 0 Å². The Balaban J connectivity index is 2.13. The van der Waals surface area contributed by atoms with Crippen LogP contribution < -0.4 is 0 Å². The van der Waals surface area contributed by atoms with Gasteiger partial charge in [0.1, 0.15) is 0 Å². The molecule has 1 aromatic rings. The second-order valence-electron chi connectivity index (χ2n) is 6.37. The lowest BCUT2D eigenvalue weighted by molar-refractivity contribution is 0.293. The van der Waals surface area contributed by atoms with Crippen molar-refractivity contribution >= 4 is 11.6 Å². The van der Waals surface area contributed by atoms with Crippen molar-refractivity contribution in [2.45, 2.75) is 44.9 Å². The van der Waals surface area contributed by atoms with Gasteiger partial charge in [0.2, 0.25) is 0 Å². The van der Waals surface area contributed by atoms with Crippen LogP contribution in [0.3, 0.4) is 0 Å². The van der Waals surface area contributed by atoms with Crippen LogP contribution in [-0.2, 0) is 5.41 Å². The summed E-state index contributed by atoms with van der Waals surface area (Å²) >= 11 is 6.38. The largest absolute Gasteiger partial charge is 0.303 e. The van der Waals surface area contributed by atoms with Crippen molar-refractivity contribution in [3.05, 3.63) is 34.9 Å². The average Bonchev–Trinajstić information content (AvgIpc) is 2.98. The van der Waals surface area contributed by atoms with E-state index in [1.54, 1.807) is 0 Å². The fourth-order valence-electron chi connectivity index (χ4n) is 3.39. The van der Waals surface area contributed by atoms with E-state index in [0.29, 0.717) is 5.02 Å². The molecular formula is C18H25ClN2. The maximum absolute atomic E-state index is 9.89. The van der Waals surface area contributed by atoms with E-state index >= 15 is 0 Å². The van der Waals surface area contributed by atoms with Crippen LogP contribution in [0.15, 0.2) is 24.3 Å². The highest BCUT2D eigenvalue weighted by Gasteiger charge is 2.37. The molecule has 1 aromatic carbocycles. The highest BCUT2D eigenvalue weighted by molar-refractivity contribution is 6.31. The molecule has 2 nitrogen and oxygen atoms in total. The van der Waals surface area contributed by atoms with Crippen molar-refractivity contribution in [3.63, 3.8) is 0 Å². The van der Waals surface area contributed by atoms with Gasteiger partial charge in [0.15, 0.2) is 0 Å². The minimum absolute atomic E-state index is 0.251. The standard InChI is InChI=1S/C18H25ClN2/c1-15(2)18(14-20,16-8-3-4-9-17(16)19)10-7-13-21-11-5-6-12-21/h3-4,8-9,15H,5-7,10-13H2,1-2H3/t18-/m1/s1. The average molecular weight is 305 g/mol. The maximum atomic E-state index is 9.89. The van der Waals surface area contributed by atoms with E-state index in [0.717, 1.165) is 24.9 Å². The number of hydrogen-bond acceptors (Lipinski definition) is 2. The fraction of sp³-hybridized carbons (Fsp3) is 0.611. The van der Waals surface area contributed by atoms with E-state index in [2.05, 4.69) is 24.8 Å². The van der Waals surface area contributed by atoms with Gasteiger partial charge in [0.25, 0.3) is 0 Å². The summed E-state index contributed by atoms with van der Waals surface area (Å²) < 4.78 is 0. The maximum Gasteiger partial charge on any atom is 0.0859 e. The quantitative estimate of drug-likeness (QED) is 0.766. The van der Waals surface area contributed by atoms with Crippen molar-refractivity contribution in [2.24, 2.45) is 5.92 Å². The zero-order valence-electron chi connectivity index (χ0n) is 13.1. The number of likely N-dealkylation sites (tertiary alicyclic amines) is 1. The van der Waals surface area contributed by atoms with E-state index in [4.69, 9.17) is 11.6 Å². The third-order valence-electron chi connectivity index (χ3n) is 4.78. The molecule has 1 heterocycles. The second kappa shape index (κ2) is 7.29. The molecule has 0 saturated carbocycles. The molecule has 1 saturated heterocycles. The minimum Gasteiger partial charge on any atom is -0.303 e. The first kappa shape index (κ1) is 16.3. The number of halogens is 1. The molecule has 1 fully saturated rings. The molecule has 0 spiro atoms. The van der Waals surface area contributed by atoms with Gasteiger partial charge in [0.05, 0.1) is 11.5 Å². The van der Waals surface area contributed by atoms with E-state index in [1.807, 2.05) is 24.3 Å². The summed E-state index contributed by atoms with van der Waals surface area (Å²) in [6.45, 7) is 7.78. The van der Waals surface area contributed by atoms with E-state index in [-0.39, 0.29) is 5.92 Å². The van der Waals surface area contributed by atoms with Crippen LogP contribution in [-0.4, -0.2) is 24.5 Å². The Labute approximate surface area is 133 Å². The highest BCUT2D eigenvalue weighted by atomic mass is 35.5. The lowest BCUT2D eigenvalue weighted by Gasteiger charge is -2.32. The van der Waals surface area contributed by atoms with Crippen LogP contribution in [0.25, 0.3) is 0 Å². The van der Waals surface area contributed by atoms with E-state index in [1.165, 1.54) is 25.9 Å². The number of benzene rings is 1. The fourth-order valence-corrected chi connectivity index (χ4v) is 3.69. The van der Waals surface area contributed by atoms with Crippen LogP contribution in [0.5, 0.6) is 0 Å². The predicted octanol–water partition coefficient (Wildman–Crippen LogP) is 4.63. The first-order chi connectivity index (χ1) is 10.1. The molecule has 0 amide bonds. The second-order valence-corrected chi connectivity index (χ2v) is 6.78. The third-order valence-corrected chi connectivity index (χ3v) is 5.11. The van der Waals surface area contributed by atoms with Gasteiger partial charge in [0, 0.05) is 5.02 Å². The van der Waals surface area contributed by atoms with Gasteiger partial charge in [-0.25, -0.2) is 0 Å². The van der Waals surface area contributed by atoms with Crippen LogP contribution in [0.1, 0.15) is 45.1 Å². The molecule has 0 unspecified atom stereocenters. The Morgan fingerprint density at radius 2 is 1.95 bits per heavy atom. The van der Waals surface area contributed by atoms with Gasteiger partial charge in [-0.2, -0.15) is 5.26 Å². The van der Waals surface area contributed by atoms with Crippen molar-refractivity contribution < 1.29 is 0 Å². The summed E-state index contributed by atoms with van der Waals surface area (Å²) in [7, 11) is 0. The summed E-state index contributed by atoms with van der Waals surface area (Å²) in [5, 5.41) is 10.6. The summed E-state index contributed by atoms with van der Waals surface area (Å²) in [6.07, 6.45) is 4.56. The van der Waals surface area contributed by atoms with Gasteiger partial charge in [-0.3, -0.25) is 0 Å². The van der Waals surface area contributed by atoms with Crippen LogP contribution in [0.4, 0.5) is 0 Å². The van der Waals surface area contributed by atoms with Crippen molar-refractivity contribution in [1.29, 1.82) is 5.26 Å². The molecular weight excluding hydrogens is 280 g/mol. The van der Waals surface area contributed by atoms with E-state index in [9.17, 15) is 5.26 Å². The van der Waals surface area contributed by atoms with Gasteiger partial charge in [-0.1, -0.05) is 43.6 Å². The molecule has 1 atom stereocenters. The van der Waals surface area contributed by atoms with Gasteiger partial charge in [-0.15, -0.1) is 0 Å². The van der Waals surface area contributed by atoms with Gasteiger partial charge < -0.3 is 4.90 Å². The SMILES string of the molecule is CC(C)[C@](C#N)(CCCN1CCCC1)c1ccccc1Cl. The van der Waals surface area contributed by atoms with Crippen LogP contribution in [0, 0.1) is 17.2 Å². The summed E-state index contributed by atoms with van der Waals surface area (Å²) in [4.78, 5) is 2.51. The Morgan fingerprint density at radius 3 is 2.52 bits per heavy atom. The smallest absolute Gasteiger partial charge is 0.0859 e. The molecule has 3 heteroatoms. The molecule has 0 aliphatic carbocycles. The molecule has 0 bridgehead atoms. The number of nitrogens with zero attached hydrogens (tertiary/aromatic N) is 2. The molecule has 1 aliphatic rings. The third kappa shape index (κ3) is 3.59. The lowest BCUT2D eigenvalue weighted by atomic mass is 9.70. The number of nitriles is 1. The van der Waals surface area contributed by atoms with Crippen molar-refractivity contribution in [2.75, 3.05) is 19.6 Å². The first-order valence-corrected chi connectivity index (χ1v) is 8.36. The zero-order chi connectivity index (χ0) is 15.3. The number of hydrogen-bond donors (Lipinski definition) is 0. The molecule has 0 radical (unpaired) electrons. The normalized spacial score (nSPS) is 18.6. The highest BCUT2D eigenvalue weighted by Crippen LogP contribution is 2.40. The predicted molar refractivity (Wildman–Crippen MR) is 88.5 cm³/mol. The molecule has 21 heavy (non-hydrogen) atoms. The summed E-state index contributed by atoms with van der Waals surface area (Å²) in [6, 6.07) is 10.4. The van der Waals surface area contributed by atoms with Gasteiger partial charge in [-0.05, 0) is 62.9 Å². The molecule has 114 valence electrons. The topological polar surface area (TPSA) is 27.0 Å². The minimum atomic E-state index is -0.474. The van der Waals surface area contributed by atoms with Crippen LogP contribution in [0.2, 0.25) is 5.02 Å².